The van der Waals surface area contributed by atoms with Gasteiger partial charge in [-0.05, 0) is 12.1 Å². The summed E-state index contributed by atoms with van der Waals surface area (Å²) < 4.78 is 0. The first kappa shape index (κ1) is 9.47. The van der Waals surface area contributed by atoms with Crippen LogP contribution in [0, 0.1) is 0 Å². The van der Waals surface area contributed by atoms with Gasteiger partial charge in [0.05, 0.1) is 16.7 Å². The number of nitrogens with one attached hydrogen (secondary N) is 3. The van der Waals surface area contributed by atoms with Crippen molar-refractivity contribution >= 4 is 16.7 Å². The first-order chi connectivity index (χ1) is 7.84. The van der Waals surface area contributed by atoms with Crippen molar-refractivity contribution in [2.24, 2.45) is 0 Å². The molecule has 1 aliphatic rings. The van der Waals surface area contributed by atoms with Gasteiger partial charge in [0.1, 0.15) is 0 Å². The van der Waals surface area contributed by atoms with Gasteiger partial charge in [-0.2, -0.15) is 0 Å². The van der Waals surface area contributed by atoms with Crippen molar-refractivity contribution in [2.75, 3.05) is 31.1 Å². The number of aromatic amines is 2. The highest BCUT2D eigenvalue weighted by molar-refractivity contribution is 5.88. The molecule has 0 radical (unpaired) electrons. The normalized spacial score (nSPS) is 16.9. The Balaban J connectivity index is 2.11. The molecule has 0 unspecified atom stereocenters. The number of benzene rings is 1. The number of rotatable bonds is 1. The fraction of sp³-hybridized carbons (Fsp3) is 0.364. The molecule has 2 heterocycles. The fourth-order valence-electron chi connectivity index (χ4n) is 2.21. The molecular weight excluding hydrogens is 204 g/mol. The van der Waals surface area contributed by atoms with Crippen LogP contribution in [0.1, 0.15) is 0 Å². The molecule has 0 atom stereocenters. The maximum Gasteiger partial charge on any atom is 0.323 e. The van der Waals surface area contributed by atoms with Crippen molar-refractivity contribution in [2.45, 2.75) is 0 Å². The summed E-state index contributed by atoms with van der Waals surface area (Å²) in [4.78, 5) is 19.2. The predicted octanol–water partition coefficient (Wildman–Crippen LogP) is 0.266. The zero-order valence-corrected chi connectivity index (χ0v) is 8.92. The Morgan fingerprint density at radius 1 is 1.12 bits per heavy atom. The van der Waals surface area contributed by atoms with Crippen molar-refractivity contribution in [3.63, 3.8) is 0 Å². The molecule has 1 aliphatic heterocycles. The molecule has 0 amide bonds. The van der Waals surface area contributed by atoms with Gasteiger partial charge in [-0.3, -0.25) is 0 Å². The van der Waals surface area contributed by atoms with Crippen molar-refractivity contribution in [3.8, 4) is 0 Å². The van der Waals surface area contributed by atoms with E-state index in [4.69, 9.17) is 0 Å². The van der Waals surface area contributed by atoms with Gasteiger partial charge in [0.2, 0.25) is 0 Å². The van der Waals surface area contributed by atoms with Crippen LogP contribution in [0.3, 0.4) is 0 Å². The molecule has 3 rings (SSSR count). The number of H-pyrrole nitrogens is 2. The summed E-state index contributed by atoms with van der Waals surface area (Å²) in [6.07, 6.45) is 0. The Kier molecular flexibility index (Phi) is 2.18. The molecule has 1 aromatic heterocycles. The van der Waals surface area contributed by atoms with Crippen molar-refractivity contribution in [3.05, 3.63) is 28.7 Å². The summed E-state index contributed by atoms with van der Waals surface area (Å²) in [5.41, 5.74) is 2.75. The van der Waals surface area contributed by atoms with Gasteiger partial charge in [-0.25, -0.2) is 4.79 Å². The summed E-state index contributed by atoms with van der Waals surface area (Å²) in [7, 11) is 0. The number of anilines is 1. The van der Waals surface area contributed by atoms with Crippen LogP contribution in [0.15, 0.2) is 23.0 Å². The summed E-state index contributed by atoms with van der Waals surface area (Å²) in [6, 6.07) is 5.94. The van der Waals surface area contributed by atoms with Crippen molar-refractivity contribution in [1.82, 2.24) is 15.3 Å². The van der Waals surface area contributed by atoms with E-state index >= 15 is 0 Å². The number of hydrogen-bond acceptors (Lipinski definition) is 3. The number of fused-ring (bicyclic) bond motifs is 1. The summed E-state index contributed by atoms with van der Waals surface area (Å²) in [6.45, 7) is 3.94. The molecule has 16 heavy (non-hydrogen) atoms. The lowest BCUT2D eigenvalue weighted by atomic mass is 10.2. The monoisotopic (exact) mass is 218 g/mol. The standard InChI is InChI=1S/C11H14N4O/c16-11-13-8-2-1-3-9(10(8)14-11)15-6-4-12-5-7-15/h1-3,12H,4-7H2,(H2,13,14,16). The molecule has 0 spiro atoms. The van der Waals surface area contributed by atoms with Crippen LogP contribution >= 0.6 is 0 Å². The number of piperazine rings is 1. The lowest BCUT2D eigenvalue weighted by molar-refractivity contribution is 0.590. The molecule has 1 saturated heterocycles. The molecule has 3 N–H and O–H groups in total. The summed E-state index contributed by atoms with van der Waals surface area (Å²) in [5.74, 6) is 0. The minimum absolute atomic E-state index is 0.141. The van der Waals surface area contributed by atoms with Crippen LogP contribution in [-0.4, -0.2) is 36.1 Å². The Hall–Kier alpha value is -1.75. The van der Waals surface area contributed by atoms with E-state index in [0.29, 0.717) is 0 Å². The minimum Gasteiger partial charge on any atom is -0.367 e. The van der Waals surface area contributed by atoms with Gasteiger partial charge in [-0.15, -0.1) is 0 Å². The van der Waals surface area contributed by atoms with Gasteiger partial charge in [0.15, 0.2) is 0 Å². The van der Waals surface area contributed by atoms with E-state index in [1.165, 1.54) is 0 Å². The average molecular weight is 218 g/mol. The molecule has 2 aromatic rings. The van der Waals surface area contributed by atoms with Gasteiger partial charge in [0.25, 0.3) is 0 Å². The van der Waals surface area contributed by atoms with Gasteiger partial charge < -0.3 is 20.2 Å². The van der Waals surface area contributed by atoms with Crippen molar-refractivity contribution in [1.29, 1.82) is 0 Å². The Labute approximate surface area is 92.5 Å². The summed E-state index contributed by atoms with van der Waals surface area (Å²) in [5, 5.41) is 3.32. The largest absolute Gasteiger partial charge is 0.367 e. The van der Waals surface area contributed by atoms with E-state index in [0.717, 1.165) is 42.9 Å². The summed E-state index contributed by atoms with van der Waals surface area (Å²) >= 11 is 0. The van der Waals surface area contributed by atoms with E-state index in [-0.39, 0.29) is 5.69 Å². The zero-order valence-electron chi connectivity index (χ0n) is 8.92. The highest BCUT2D eigenvalue weighted by Gasteiger charge is 2.13. The Morgan fingerprint density at radius 2 is 1.94 bits per heavy atom. The van der Waals surface area contributed by atoms with Crippen LogP contribution in [-0.2, 0) is 0 Å². The maximum absolute atomic E-state index is 11.3. The van der Waals surface area contributed by atoms with E-state index in [1.54, 1.807) is 0 Å². The van der Waals surface area contributed by atoms with Crippen LogP contribution in [0.4, 0.5) is 5.69 Å². The van der Waals surface area contributed by atoms with Gasteiger partial charge in [0, 0.05) is 26.2 Å². The molecule has 84 valence electrons. The molecule has 0 bridgehead atoms. The quantitative estimate of drug-likeness (QED) is 0.643. The van der Waals surface area contributed by atoms with Crippen LogP contribution in [0.5, 0.6) is 0 Å². The molecule has 0 saturated carbocycles. The lowest BCUT2D eigenvalue weighted by Crippen LogP contribution is -2.43. The number of hydrogen-bond donors (Lipinski definition) is 3. The maximum atomic E-state index is 11.3. The molecule has 1 aromatic carbocycles. The van der Waals surface area contributed by atoms with E-state index < -0.39 is 0 Å². The SMILES string of the molecule is O=c1[nH]c2cccc(N3CCNCC3)c2[nH]1. The number of imidazole rings is 1. The van der Waals surface area contributed by atoms with Crippen molar-refractivity contribution < 1.29 is 0 Å². The van der Waals surface area contributed by atoms with Gasteiger partial charge in [-0.1, -0.05) is 6.07 Å². The first-order valence-corrected chi connectivity index (χ1v) is 5.51. The predicted molar refractivity (Wildman–Crippen MR) is 64.0 cm³/mol. The minimum atomic E-state index is -0.141. The van der Waals surface area contributed by atoms with Gasteiger partial charge >= 0.3 is 5.69 Å². The zero-order chi connectivity index (χ0) is 11.0. The second-order valence-corrected chi connectivity index (χ2v) is 4.02. The lowest BCUT2D eigenvalue weighted by Gasteiger charge is -2.29. The Bertz CT molecular complexity index is 550. The van der Waals surface area contributed by atoms with Crippen LogP contribution < -0.4 is 15.9 Å². The highest BCUT2D eigenvalue weighted by Crippen LogP contribution is 2.23. The Morgan fingerprint density at radius 3 is 2.75 bits per heavy atom. The molecule has 0 aliphatic carbocycles. The number of para-hydroxylation sites is 1. The third-order valence-electron chi connectivity index (χ3n) is 2.99. The van der Waals surface area contributed by atoms with E-state index in [1.807, 2.05) is 12.1 Å². The van der Waals surface area contributed by atoms with Crippen LogP contribution in [0.25, 0.3) is 11.0 Å². The second-order valence-electron chi connectivity index (χ2n) is 4.02. The second kappa shape index (κ2) is 3.68. The number of nitrogens with zero attached hydrogens (tertiary/aromatic N) is 1. The smallest absolute Gasteiger partial charge is 0.323 e. The average Bonchev–Trinajstić information content (AvgIpc) is 2.70. The first-order valence-electron chi connectivity index (χ1n) is 5.51. The van der Waals surface area contributed by atoms with E-state index in [9.17, 15) is 4.79 Å². The molecule has 5 nitrogen and oxygen atoms in total. The number of aromatic nitrogens is 2. The highest BCUT2D eigenvalue weighted by atomic mass is 16.1. The third kappa shape index (κ3) is 1.49. The van der Waals surface area contributed by atoms with Crippen LogP contribution in [0.2, 0.25) is 0 Å². The third-order valence-corrected chi connectivity index (χ3v) is 2.99. The molecule has 5 heteroatoms. The molecule has 1 fully saturated rings. The molecular formula is C11H14N4O. The topological polar surface area (TPSA) is 63.9 Å². The van der Waals surface area contributed by atoms with E-state index in [2.05, 4.69) is 26.3 Å². The fourth-order valence-corrected chi connectivity index (χ4v) is 2.21.